The summed E-state index contributed by atoms with van der Waals surface area (Å²) in [5, 5.41) is 0. The Morgan fingerprint density at radius 1 is 1.67 bits per heavy atom. The molecule has 0 aromatic carbocycles. The van der Waals surface area contributed by atoms with Crippen molar-refractivity contribution in [2.24, 2.45) is 5.73 Å². The summed E-state index contributed by atoms with van der Waals surface area (Å²) in [6.07, 6.45) is 0. The molecule has 2 N–H and O–H groups in total. The summed E-state index contributed by atoms with van der Waals surface area (Å²) < 4.78 is 10.5. The maximum atomic E-state index is 10.5. The van der Waals surface area contributed by atoms with E-state index in [1.165, 1.54) is 6.92 Å². The van der Waals surface area contributed by atoms with Gasteiger partial charge in [0.05, 0.1) is 6.04 Å². The first-order valence-electron chi connectivity index (χ1n) is 2.15. The highest BCUT2D eigenvalue weighted by atomic mass is 35.9. The molecule has 0 aromatic rings. The van der Waals surface area contributed by atoms with Crippen molar-refractivity contribution in [2.75, 3.05) is 0 Å². The van der Waals surface area contributed by atoms with Crippen LogP contribution in [0.1, 0.15) is 6.92 Å². The SMILES string of the molecule is C[C@H](N)C(=O)P(=O)(Cl)Cl. The highest BCUT2D eigenvalue weighted by molar-refractivity contribution is 8.19. The Morgan fingerprint density at radius 2 is 2.00 bits per heavy atom. The molecule has 0 aromatic heterocycles. The number of halogens is 2. The average Bonchev–Trinajstić information content (AvgIpc) is 1.62. The lowest BCUT2D eigenvalue weighted by Gasteiger charge is -2.02. The van der Waals surface area contributed by atoms with Crippen LogP contribution in [0.15, 0.2) is 0 Å². The summed E-state index contributed by atoms with van der Waals surface area (Å²) in [6.45, 7) is 1.37. The molecule has 0 bridgehead atoms. The predicted octanol–water partition coefficient (Wildman–Crippen LogP) is 1.53. The van der Waals surface area contributed by atoms with E-state index in [0.29, 0.717) is 0 Å². The van der Waals surface area contributed by atoms with Crippen molar-refractivity contribution in [1.29, 1.82) is 0 Å². The molecule has 0 amide bonds. The number of carbonyl (C=O) groups excluding carboxylic acids is 1. The average molecular weight is 190 g/mol. The van der Waals surface area contributed by atoms with Crippen molar-refractivity contribution in [3.63, 3.8) is 0 Å². The fraction of sp³-hybridized carbons (Fsp3) is 0.667. The van der Waals surface area contributed by atoms with E-state index in [2.05, 4.69) is 0 Å². The van der Waals surface area contributed by atoms with Crippen LogP contribution in [0.4, 0.5) is 0 Å². The molecule has 54 valence electrons. The van der Waals surface area contributed by atoms with Gasteiger partial charge in [-0.1, -0.05) is 0 Å². The smallest absolute Gasteiger partial charge is 0.317 e. The minimum Gasteiger partial charge on any atom is -0.321 e. The number of carbonyl (C=O) groups is 1. The van der Waals surface area contributed by atoms with Crippen LogP contribution in [0, 0.1) is 0 Å². The summed E-state index contributed by atoms with van der Waals surface area (Å²) in [5.41, 5.74) is 4.23. The monoisotopic (exact) mass is 189 g/mol. The van der Waals surface area contributed by atoms with Crippen LogP contribution < -0.4 is 5.73 Å². The molecule has 0 unspecified atom stereocenters. The standard InChI is InChI=1S/C3H6Cl2NO2P/c1-2(6)3(7)9(4,5)8/h2H,6H2,1H3/t2-/m0/s1. The molecular weight excluding hydrogens is 184 g/mol. The lowest BCUT2D eigenvalue weighted by Crippen LogP contribution is -2.24. The van der Waals surface area contributed by atoms with E-state index in [4.69, 9.17) is 28.2 Å². The number of nitrogens with two attached hydrogens (primary N) is 1. The van der Waals surface area contributed by atoms with Crippen molar-refractivity contribution in [3.05, 3.63) is 0 Å². The molecule has 0 aliphatic rings. The predicted molar refractivity (Wildman–Crippen MR) is 38.0 cm³/mol. The fourth-order valence-electron chi connectivity index (χ4n) is 0.237. The van der Waals surface area contributed by atoms with E-state index in [1.54, 1.807) is 0 Å². The van der Waals surface area contributed by atoms with Gasteiger partial charge in [0.2, 0.25) is 5.52 Å². The molecule has 0 saturated carbocycles. The minimum absolute atomic E-state index is 0.800. The van der Waals surface area contributed by atoms with Gasteiger partial charge in [-0.25, -0.2) is 0 Å². The van der Waals surface area contributed by atoms with Crippen molar-refractivity contribution in [2.45, 2.75) is 13.0 Å². The van der Waals surface area contributed by atoms with Crippen molar-refractivity contribution < 1.29 is 9.36 Å². The lowest BCUT2D eigenvalue weighted by molar-refractivity contribution is -0.112. The molecule has 0 aliphatic heterocycles. The topological polar surface area (TPSA) is 60.2 Å². The van der Waals surface area contributed by atoms with E-state index in [0.717, 1.165) is 0 Å². The largest absolute Gasteiger partial charge is 0.321 e. The van der Waals surface area contributed by atoms with Gasteiger partial charge in [0.25, 0.3) is 0 Å². The van der Waals surface area contributed by atoms with Crippen LogP contribution in [0.3, 0.4) is 0 Å². The second-order valence-electron chi connectivity index (χ2n) is 1.59. The van der Waals surface area contributed by atoms with Gasteiger partial charge >= 0.3 is 5.85 Å². The molecule has 0 aliphatic carbocycles. The van der Waals surface area contributed by atoms with E-state index < -0.39 is 17.4 Å². The van der Waals surface area contributed by atoms with Gasteiger partial charge in [0, 0.05) is 0 Å². The zero-order valence-corrected chi connectivity index (χ0v) is 7.08. The van der Waals surface area contributed by atoms with Crippen molar-refractivity contribution >= 4 is 33.9 Å². The first-order chi connectivity index (χ1) is 3.85. The van der Waals surface area contributed by atoms with E-state index in [1.807, 2.05) is 0 Å². The molecule has 6 heteroatoms. The molecule has 0 rings (SSSR count). The second-order valence-corrected chi connectivity index (χ2v) is 6.33. The van der Waals surface area contributed by atoms with Gasteiger partial charge < -0.3 is 5.73 Å². The zero-order valence-electron chi connectivity index (χ0n) is 4.67. The summed E-state index contributed by atoms with van der Waals surface area (Å²) in [6, 6.07) is -0.856. The van der Waals surface area contributed by atoms with Crippen molar-refractivity contribution in [3.8, 4) is 0 Å². The van der Waals surface area contributed by atoms with Crippen LogP contribution in [0.25, 0.3) is 0 Å². The van der Waals surface area contributed by atoms with Gasteiger partial charge in [-0.05, 0) is 29.4 Å². The summed E-state index contributed by atoms with van der Waals surface area (Å²) in [4.78, 5) is 10.5. The summed E-state index contributed by atoms with van der Waals surface area (Å²) >= 11 is 9.94. The Morgan fingerprint density at radius 3 is 2.00 bits per heavy atom. The van der Waals surface area contributed by atoms with Crippen LogP contribution >= 0.6 is 28.3 Å². The third-order valence-corrected chi connectivity index (χ3v) is 2.57. The van der Waals surface area contributed by atoms with E-state index >= 15 is 0 Å². The third-order valence-electron chi connectivity index (χ3n) is 0.646. The Balaban J connectivity index is 4.24. The second kappa shape index (κ2) is 3.02. The highest BCUT2D eigenvalue weighted by Gasteiger charge is 2.28. The van der Waals surface area contributed by atoms with Crippen LogP contribution in [-0.4, -0.2) is 11.6 Å². The lowest BCUT2D eigenvalue weighted by atomic mass is 10.4. The van der Waals surface area contributed by atoms with Gasteiger partial charge in [-0.15, -0.1) is 0 Å². The Labute approximate surface area is 62.5 Å². The van der Waals surface area contributed by atoms with Crippen LogP contribution in [-0.2, 0) is 9.36 Å². The Bertz CT molecular complexity index is 163. The van der Waals surface area contributed by atoms with Gasteiger partial charge in [-0.2, -0.15) is 0 Å². The van der Waals surface area contributed by atoms with E-state index in [-0.39, 0.29) is 0 Å². The maximum Gasteiger partial charge on any atom is 0.317 e. The first-order valence-corrected chi connectivity index (χ1v) is 5.66. The number of rotatable bonds is 2. The van der Waals surface area contributed by atoms with Gasteiger partial charge in [0.15, 0.2) is 0 Å². The zero-order chi connectivity index (χ0) is 7.65. The molecule has 0 heterocycles. The molecule has 9 heavy (non-hydrogen) atoms. The molecule has 0 fully saturated rings. The fourth-order valence-corrected chi connectivity index (χ4v) is 1.63. The highest BCUT2D eigenvalue weighted by Crippen LogP contribution is 2.57. The first kappa shape index (κ1) is 9.44. The molecular formula is C3H6Cl2NO2P. The summed E-state index contributed by atoms with van der Waals surface area (Å²) in [7, 11) is 0. The van der Waals surface area contributed by atoms with Gasteiger partial charge in [0.1, 0.15) is 0 Å². The Kier molecular flexibility index (Phi) is 3.17. The normalized spacial score (nSPS) is 15.1. The van der Waals surface area contributed by atoms with E-state index in [9.17, 15) is 9.36 Å². The Hall–Kier alpha value is 0.440. The molecule has 3 nitrogen and oxygen atoms in total. The van der Waals surface area contributed by atoms with Crippen LogP contribution in [0.5, 0.6) is 0 Å². The number of hydrogen-bond acceptors (Lipinski definition) is 3. The molecule has 1 atom stereocenters. The molecule has 0 spiro atoms. The third kappa shape index (κ3) is 3.21. The summed E-state index contributed by atoms with van der Waals surface area (Å²) in [5.74, 6) is -3.63. The minimum atomic E-state index is -3.63. The molecule has 0 radical (unpaired) electrons. The van der Waals surface area contributed by atoms with Gasteiger partial charge in [-0.3, -0.25) is 9.36 Å². The molecule has 0 saturated heterocycles. The van der Waals surface area contributed by atoms with Crippen molar-refractivity contribution in [1.82, 2.24) is 0 Å². The number of hydrogen-bond donors (Lipinski definition) is 1. The maximum absolute atomic E-state index is 10.5. The van der Waals surface area contributed by atoms with Crippen LogP contribution in [0.2, 0.25) is 0 Å². The quantitative estimate of drug-likeness (QED) is 0.671.